The molecule has 0 heterocycles. The molecule has 3 atom stereocenters. The number of esters is 1. The van der Waals surface area contributed by atoms with Crippen molar-refractivity contribution in [2.75, 3.05) is 6.61 Å². The van der Waals surface area contributed by atoms with Crippen molar-refractivity contribution in [1.29, 1.82) is 0 Å². The molecule has 0 unspecified atom stereocenters. The van der Waals surface area contributed by atoms with Crippen molar-refractivity contribution >= 4 is 28.6 Å². The van der Waals surface area contributed by atoms with E-state index in [0.29, 0.717) is 0 Å². The molecule has 3 aromatic carbocycles. The van der Waals surface area contributed by atoms with Crippen LogP contribution < -0.4 is 10.8 Å². The van der Waals surface area contributed by atoms with Gasteiger partial charge in [0.1, 0.15) is 12.6 Å². The van der Waals surface area contributed by atoms with Gasteiger partial charge in [-0.25, -0.2) is 10.3 Å². The number of hydrogen-bond acceptors (Lipinski definition) is 6. The van der Waals surface area contributed by atoms with Crippen LogP contribution in [0.3, 0.4) is 0 Å². The van der Waals surface area contributed by atoms with E-state index < -0.39 is 41.3 Å². The summed E-state index contributed by atoms with van der Waals surface area (Å²) in [5.74, 6) is -3.14. The lowest BCUT2D eigenvalue weighted by Crippen LogP contribution is -2.55. The van der Waals surface area contributed by atoms with Gasteiger partial charge in [-0.2, -0.15) is 0 Å². The number of rotatable bonds is 12. The monoisotopic (exact) mass is 532 g/mol. The highest BCUT2D eigenvalue weighted by molar-refractivity contribution is 5.92. The molecule has 3 rings (SSSR count). The van der Waals surface area contributed by atoms with Gasteiger partial charge in [0.05, 0.1) is 12.5 Å². The summed E-state index contributed by atoms with van der Waals surface area (Å²) in [4.78, 5) is 39.6. The Kier molecular flexibility index (Phi) is 10.4. The summed E-state index contributed by atoms with van der Waals surface area (Å²) in [6.07, 6.45) is 0.212. The smallest absolute Gasteiger partial charge is 0.329 e. The van der Waals surface area contributed by atoms with Crippen molar-refractivity contribution < 1.29 is 29.1 Å². The van der Waals surface area contributed by atoms with Gasteiger partial charge in [0.15, 0.2) is 6.10 Å². The van der Waals surface area contributed by atoms with Gasteiger partial charge in [-0.3, -0.25) is 14.8 Å². The van der Waals surface area contributed by atoms with E-state index in [4.69, 9.17) is 9.47 Å². The van der Waals surface area contributed by atoms with Crippen molar-refractivity contribution in [2.24, 2.45) is 11.3 Å². The molecule has 3 aromatic rings. The predicted octanol–water partition coefficient (Wildman–Crippen LogP) is 4.35. The molecule has 0 aliphatic carbocycles. The van der Waals surface area contributed by atoms with E-state index in [2.05, 4.69) is 11.9 Å². The Morgan fingerprint density at radius 1 is 0.923 bits per heavy atom. The summed E-state index contributed by atoms with van der Waals surface area (Å²) < 4.78 is 11.2. The summed E-state index contributed by atoms with van der Waals surface area (Å²) in [6.45, 7) is 9.07. The molecule has 8 heteroatoms. The van der Waals surface area contributed by atoms with E-state index in [-0.39, 0.29) is 19.6 Å². The summed E-state index contributed by atoms with van der Waals surface area (Å²) in [7, 11) is 0. The Labute approximate surface area is 229 Å². The molecule has 0 saturated carbocycles. The first-order valence-corrected chi connectivity index (χ1v) is 12.8. The summed E-state index contributed by atoms with van der Waals surface area (Å²) in [5.41, 5.74) is 2.50. The first-order valence-electron chi connectivity index (χ1n) is 12.8. The van der Waals surface area contributed by atoms with Crippen LogP contribution in [0.1, 0.15) is 31.9 Å². The van der Waals surface area contributed by atoms with E-state index in [1.165, 1.54) is 6.08 Å². The average Bonchev–Trinajstić information content (AvgIpc) is 2.93. The van der Waals surface area contributed by atoms with Crippen LogP contribution >= 0.6 is 0 Å². The first-order chi connectivity index (χ1) is 18.6. The van der Waals surface area contributed by atoms with Crippen molar-refractivity contribution in [1.82, 2.24) is 10.8 Å². The topological polar surface area (TPSA) is 114 Å². The fourth-order valence-corrected chi connectivity index (χ4v) is 4.26. The molecule has 0 radical (unpaired) electrons. The van der Waals surface area contributed by atoms with Crippen LogP contribution in [0.15, 0.2) is 85.5 Å². The maximum atomic E-state index is 13.8. The average molecular weight is 533 g/mol. The third kappa shape index (κ3) is 8.24. The van der Waals surface area contributed by atoms with E-state index in [0.717, 1.165) is 21.9 Å². The zero-order valence-corrected chi connectivity index (χ0v) is 22.6. The van der Waals surface area contributed by atoms with Gasteiger partial charge in [-0.05, 0) is 33.7 Å². The van der Waals surface area contributed by atoms with Crippen LogP contribution in [0.5, 0.6) is 0 Å². The Balaban J connectivity index is 1.89. The number of hydrogen-bond donors (Lipinski definition) is 3. The van der Waals surface area contributed by atoms with Gasteiger partial charge in [-0.1, -0.05) is 99.6 Å². The van der Waals surface area contributed by atoms with Gasteiger partial charge in [-0.15, -0.1) is 6.58 Å². The molecule has 0 saturated heterocycles. The van der Waals surface area contributed by atoms with Gasteiger partial charge < -0.3 is 14.8 Å². The van der Waals surface area contributed by atoms with Crippen molar-refractivity contribution in [2.45, 2.75) is 45.9 Å². The molecule has 0 fully saturated rings. The van der Waals surface area contributed by atoms with Gasteiger partial charge in [0.25, 0.3) is 5.91 Å². The Bertz CT molecular complexity index is 1280. The lowest BCUT2D eigenvalue weighted by molar-refractivity contribution is -0.155. The van der Waals surface area contributed by atoms with Crippen LogP contribution in [-0.4, -0.2) is 41.7 Å². The second-order valence-electron chi connectivity index (χ2n) is 10.4. The van der Waals surface area contributed by atoms with Crippen molar-refractivity contribution in [3.8, 4) is 0 Å². The molecule has 0 aromatic heterocycles. The lowest BCUT2D eigenvalue weighted by Gasteiger charge is -2.32. The van der Waals surface area contributed by atoms with Crippen molar-refractivity contribution in [3.63, 3.8) is 0 Å². The largest absolute Gasteiger partial charge is 0.459 e. The van der Waals surface area contributed by atoms with Crippen molar-refractivity contribution in [3.05, 3.63) is 96.6 Å². The molecule has 8 nitrogen and oxygen atoms in total. The van der Waals surface area contributed by atoms with E-state index in [9.17, 15) is 19.6 Å². The molecule has 206 valence electrons. The normalized spacial score (nSPS) is 13.6. The minimum Gasteiger partial charge on any atom is -0.459 e. The highest BCUT2D eigenvalue weighted by atomic mass is 16.5. The van der Waals surface area contributed by atoms with Crippen LogP contribution in [0.2, 0.25) is 0 Å². The van der Waals surface area contributed by atoms with Gasteiger partial charge in [0.2, 0.25) is 5.91 Å². The summed E-state index contributed by atoms with van der Waals surface area (Å²) in [6, 6.07) is 21.8. The van der Waals surface area contributed by atoms with E-state index in [1.807, 2.05) is 93.6 Å². The van der Waals surface area contributed by atoms with Gasteiger partial charge >= 0.3 is 5.97 Å². The Morgan fingerprint density at radius 2 is 1.59 bits per heavy atom. The zero-order chi connectivity index (χ0) is 28.4. The second-order valence-corrected chi connectivity index (χ2v) is 10.4. The van der Waals surface area contributed by atoms with Crippen LogP contribution in [-0.2, 0) is 36.9 Å². The number of amides is 2. The number of carbonyl (C=O) groups excluding carboxylic acids is 3. The molecule has 0 aliphatic heterocycles. The van der Waals surface area contributed by atoms with Crippen LogP contribution in [0, 0.1) is 11.3 Å². The Hall–Kier alpha value is -4.01. The Morgan fingerprint density at radius 3 is 2.23 bits per heavy atom. The maximum absolute atomic E-state index is 13.8. The third-order valence-corrected chi connectivity index (χ3v) is 6.35. The quantitative estimate of drug-likeness (QED) is 0.138. The van der Waals surface area contributed by atoms with E-state index in [1.54, 1.807) is 5.48 Å². The lowest BCUT2D eigenvalue weighted by atomic mass is 9.85. The number of nitrogens with one attached hydrogen (secondary N) is 2. The standard InChI is InChI=1S/C31H36N2O6/c1-5-17-38-26(29(35)33-37)25(19-22-15-16-23-13-9-10-14-24(23)18-22)28(34)32-27(31(2,3)4)30(36)39-20-21-11-7-6-8-12-21/h5-16,18,25-27,37H,1,17,19-20H2,2-4H3,(H,32,34)(H,33,35)/t25-,26+,27-/m1/s1. The van der Waals surface area contributed by atoms with Crippen LogP contribution in [0.4, 0.5) is 0 Å². The first kappa shape index (κ1) is 29.5. The molecule has 0 bridgehead atoms. The fraction of sp³-hybridized carbons (Fsp3) is 0.323. The SMILES string of the molecule is C=CCO[C@H](C(=O)NO)[C@@H](Cc1ccc2ccccc2c1)C(=O)N[C@H](C(=O)OCc1ccccc1)C(C)(C)C. The molecule has 0 aliphatic rings. The fourth-order valence-electron chi connectivity index (χ4n) is 4.26. The number of fused-ring (bicyclic) bond motifs is 1. The second kappa shape index (κ2) is 13.7. The number of hydroxylamine groups is 1. The predicted molar refractivity (Wildman–Crippen MR) is 149 cm³/mol. The molecule has 39 heavy (non-hydrogen) atoms. The molecule has 3 N–H and O–H groups in total. The van der Waals surface area contributed by atoms with E-state index >= 15 is 0 Å². The highest BCUT2D eigenvalue weighted by Gasteiger charge is 2.40. The summed E-state index contributed by atoms with van der Waals surface area (Å²) >= 11 is 0. The molecule has 0 spiro atoms. The highest BCUT2D eigenvalue weighted by Crippen LogP contribution is 2.25. The minimum atomic E-state index is -1.35. The number of benzene rings is 3. The summed E-state index contributed by atoms with van der Waals surface area (Å²) in [5, 5.41) is 14.2. The molecular weight excluding hydrogens is 496 g/mol. The van der Waals surface area contributed by atoms with Crippen LogP contribution in [0.25, 0.3) is 10.8 Å². The maximum Gasteiger partial charge on any atom is 0.329 e. The zero-order valence-electron chi connectivity index (χ0n) is 22.6. The van der Waals surface area contributed by atoms with Gasteiger partial charge in [0, 0.05) is 0 Å². The third-order valence-electron chi connectivity index (χ3n) is 6.35. The molecular formula is C31H36N2O6. The number of carbonyl (C=O) groups is 3. The molecule has 2 amide bonds. The minimum absolute atomic E-state index is 0.0264. The number of ether oxygens (including phenoxy) is 2.